The third-order valence-electron chi connectivity index (χ3n) is 2.84. The molecule has 0 aliphatic carbocycles. The lowest BCUT2D eigenvalue weighted by molar-refractivity contribution is -0.160. The van der Waals surface area contributed by atoms with Gasteiger partial charge in [-0.25, -0.2) is 0 Å². The maximum Gasteiger partial charge on any atom is 0.319 e. The maximum atomic E-state index is 12.0. The molecule has 0 amide bonds. The molecule has 0 fully saturated rings. The van der Waals surface area contributed by atoms with Gasteiger partial charge in [0.05, 0.1) is 6.61 Å². The van der Waals surface area contributed by atoms with E-state index in [1.165, 1.54) is 6.92 Å². The van der Waals surface area contributed by atoms with E-state index in [4.69, 9.17) is 27.9 Å². The highest BCUT2D eigenvalue weighted by atomic mass is 35.5. The molecule has 0 aliphatic heterocycles. The number of ketones is 1. The molecule has 0 aromatic rings. The van der Waals surface area contributed by atoms with Crippen molar-refractivity contribution in [3.8, 4) is 0 Å². The van der Waals surface area contributed by atoms with Crippen LogP contribution in [0.4, 0.5) is 0 Å². The van der Waals surface area contributed by atoms with Gasteiger partial charge in [0.25, 0.3) is 0 Å². The molecule has 0 saturated carbocycles. The molecule has 0 radical (unpaired) electrons. The number of Topliss-reactive ketones (excluding diaryl/α,β-unsaturated/α-hetero) is 1. The van der Waals surface area contributed by atoms with E-state index < -0.39 is 27.7 Å². The van der Waals surface area contributed by atoms with Crippen LogP contribution in [0.25, 0.3) is 0 Å². The molecule has 0 atom stereocenters. The highest BCUT2D eigenvalue weighted by Gasteiger charge is 2.44. The summed E-state index contributed by atoms with van der Waals surface area (Å²) in [7, 11) is 0. The van der Waals surface area contributed by atoms with Crippen LogP contribution < -0.4 is 0 Å². The molecular formula is C12H16Cl2O5. The molecule has 0 aromatic heterocycles. The highest BCUT2D eigenvalue weighted by Crippen LogP contribution is 2.33. The van der Waals surface area contributed by atoms with Gasteiger partial charge in [0.1, 0.15) is 11.2 Å². The fourth-order valence-corrected chi connectivity index (χ4v) is 1.91. The van der Waals surface area contributed by atoms with Crippen molar-refractivity contribution in [2.45, 2.75) is 39.5 Å². The molecule has 5 nitrogen and oxygen atoms in total. The molecule has 0 rings (SSSR count). The summed E-state index contributed by atoms with van der Waals surface area (Å²) < 4.78 is 4.86. The van der Waals surface area contributed by atoms with E-state index in [1.54, 1.807) is 6.92 Å². The Kier molecular flexibility index (Phi) is 7.87. The van der Waals surface area contributed by atoms with Gasteiger partial charge in [0.2, 0.25) is 10.5 Å². The Morgan fingerprint density at radius 3 is 1.68 bits per heavy atom. The minimum atomic E-state index is -1.54. The standard InChI is InChI=1S/C12H16Cl2O5/c1-3-19-11(18)12(8(2)15,6-4-9(13)16)7-5-10(14)17/h3-7H2,1-2H3. The topological polar surface area (TPSA) is 77.5 Å². The van der Waals surface area contributed by atoms with Gasteiger partial charge in [-0.2, -0.15) is 0 Å². The van der Waals surface area contributed by atoms with Crippen molar-refractivity contribution in [2.75, 3.05) is 6.61 Å². The van der Waals surface area contributed by atoms with Gasteiger partial charge in [-0.15, -0.1) is 0 Å². The SMILES string of the molecule is CCOC(=O)C(CCC(=O)Cl)(CCC(=O)Cl)C(C)=O. The summed E-state index contributed by atoms with van der Waals surface area (Å²) in [6.07, 6.45) is -0.492. The lowest BCUT2D eigenvalue weighted by Gasteiger charge is -2.27. The molecule has 0 heterocycles. The van der Waals surface area contributed by atoms with Crippen molar-refractivity contribution >= 4 is 45.4 Å². The van der Waals surface area contributed by atoms with Crippen LogP contribution in [0.15, 0.2) is 0 Å². The third-order valence-corrected chi connectivity index (χ3v) is 3.21. The summed E-state index contributed by atoms with van der Waals surface area (Å²) in [5.74, 6) is -1.22. The van der Waals surface area contributed by atoms with E-state index in [2.05, 4.69) is 0 Å². The Morgan fingerprint density at radius 1 is 1.00 bits per heavy atom. The van der Waals surface area contributed by atoms with Gasteiger partial charge in [-0.1, -0.05) is 0 Å². The largest absolute Gasteiger partial charge is 0.465 e. The van der Waals surface area contributed by atoms with Crippen LogP contribution in [0, 0.1) is 5.41 Å². The number of esters is 1. The molecule has 0 bridgehead atoms. The summed E-state index contributed by atoms with van der Waals surface area (Å²) in [5.41, 5.74) is -1.54. The summed E-state index contributed by atoms with van der Waals surface area (Å²) in [6, 6.07) is 0. The molecule has 0 aliphatic rings. The lowest BCUT2D eigenvalue weighted by Crippen LogP contribution is -2.40. The molecule has 0 saturated heterocycles. The Bertz CT molecular complexity index is 360. The van der Waals surface area contributed by atoms with Crippen molar-refractivity contribution in [3.63, 3.8) is 0 Å². The van der Waals surface area contributed by atoms with Crippen LogP contribution in [-0.4, -0.2) is 28.8 Å². The maximum absolute atomic E-state index is 12.0. The van der Waals surface area contributed by atoms with E-state index in [0.29, 0.717) is 0 Å². The zero-order chi connectivity index (χ0) is 15.1. The quantitative estimate of drug-likeness (QED) is 0.371. The summed E-state index contributed by atoms with van der Waals surface area (Å²) in [6.45, 7) is 2.91. The fourth-order valence-electron chi connectivity index (χ4n) is 1.72. The Hall–Kier alpha value is -0.940. The van der Waals surface area contributed by atoms with Gasteiger partial charge in [0, 0.05) is 12.8 Å². The minimum Gasteiger partial charge on any atom is -0.465 e. The molecular weight excluding hydrogens is 295 g/mol. The number of rotatable bonds is 9. The smallest absolute Gasteiger partial charge is 0.319 e. The number of carbonyl (C=O) groups is 4. The monoisotopic (exact) mass is 310 g/mol. The molecule has 0 N–H and O–H groups in total. The predicted molar refractivity (Wildman–Crippen MR) is 69.9 cm³/mol. The second kappa shape index (κ2) is 8.27. The number of hydrogen-bond donors (Lipinski definition) is 0. The zero-order valence-corrected chi connectivity index (χ0v) is 12.3. The number of hydrogen-bond acceptors (Lipinski definition) is 5. The van der Waals surface area contributed by atoms with Crippen molar-refractivity contribution in [3.05, 3.63) is 0 Å². The van der Waals surface area contributed by atoms with Crippen LogP contribution in [0.2, 0.25) is 0 Å². The first-order chi connectivity index (χ1) is 8.76. The van der Waals surface area contributed by atoms with E-state index in [-0.39, 0.29) is 32.3 Å². The van der Waals surface area contributed by atoms with E-state index in [0.717, 1.165) is 0 Å². The van der Waals surface area contributed by atoms with Gasteiger partial charge in [-0.3, -0.25) is 19.2 Å². The first kappa shape index (κ1) is 18.1. The van der Waals surface area contributed by atoms with Crippen molar-refractivity contribution in [2.24, 2.45) is 5.41 Å². The summed E-state index contributed by atoms with van der Waals surface area (Å²) >= 11 is 10.5. The van der Waals surface area contributed by atoms with Crippen molar-refractivity contribution in [1.82, 2.24) is 0 Å². The van der Waals surface area contributed by atoms with Gasteiger partial charge < -0.3 is 4.74 Å². The fraction of sp³-hybridized carbons (Fsp3) is 0.667. The average Bonchev–Trinajstić information content (AvgIpc) is 2.28. The van der Waals surface area contributed by atoms with Crippen LogP contribution in [-0.2, 0) is 23.9 Å². The summed E-state index contributed by atoms with van der Waals surface area (Å²) in [5, 5.41) is -1.32. The third kappa shape index (κ3) is 5.70. The second-order valence-electron chi connectivity index (χ2n) is 4.07. The zero-order valence-electron chi connectivity index (χ0n) is 10.8. The molecule has 0 spiro atoms. The summed E-state index contributed by atoms with van der Waals surface area (Å²) in [4.78, 5) is 45.5. The first-order valence-corrected chi connectivity index (χ1v) is 6.56. The number of carbonyl (C=O) groups excluding carboxylic acids is 4. The average molecular weight is 311 g/mol. The lowest BCUT2D eigenvalue weighted by atomic mass is 9.76. The minimum absolute atomic E-state index is 0.0896. The highest BCUT2D eigenvalue weighted by molar-refractivity contribution is 6.63. The van der Waals surface area contributed by atoms with Crippen LogP contribution >= 0.6 is 23.2 Å². The van der Waals surface area contributed by atoms with Crippen LogP contribution in [0.3, 0.4) is 0 Å². The normalized spacial score (nSPS) is 10.9. The predicted octanol–water partition coefficient (Wildman–Crippen LogP) is 2.22. The molecule has 108 valence electrons. The Balaban J connectivity index is 5.20. The first-order valence-electron chi connectivity index (χ1n) is 5.81. The number of ether oxygens (including phenoxy) is 1. The molecule has 7 heteroatoms. The Labute approximate surface area is 121 Å². The van der Waals surface area contributed by atoms with Crippen molar-refractivity contribution < 1.29 is 23.9 Å². The van der Waals surface area contributed by atoms with Gasteiger partial charge >= 0.3 is 5.97 Å². The van der Waals surface area contributed by atoms with Crippen molar-refractivity contribution in [1.29, 1.82) is 0 Å². The van der Waals surface area contributed by atoms with Crippen LogP contribution in [0.1, 0.15) is 39.5 Å². The molecule has 0 aromatic carbocycles. The second-order valence-corrected chi connectivity index (χ2v) is 4.91. The van der Waals surface area contributed by atoms with Crippen LogP contribution in [0.5, 0.6) is 0 Å². The molecule has 19 heavy (non-hydrogen) atoms. The van der Waals surface area contributed by atoms with E-state index in [9.17, 15) is 19.2 Å². The molecule has 0 unspecified atom stereocenters. The van der Waals surface area contributed by atoms with Gasteiger partial charge in [0.15, 0.2) is 0 Å². The Morgan fingerprint density at radius 2 is 1.42 bits per heavy atom. The van der Waals surface area contributed by atoms with E-state index in [1.807, 2.05) is 0 Å². The van der Waals surface area contributed by atoms with Gasteiger partial charge in [-0.05, 0) is 49.9 Å². The van der Waals surface area contributed by atoms with E-state index >= 15 is 0 Å². The number of halogens is 2.